The minimum absolute atomic E-state index is 0.362. The van der Waals surface area contributed by atoms with Crippen LogP contribution in [0.3, 0.4) is 0 Å². The Hall–Kier alpha value is -3.12. The maximum absolute atomic E-state index is 12.8. The largest absolute Gasteiger partial charge is 0.484 e. The zero-order valence-electron chi connectivity index (χ0n) is 15.1. The second kappa shape index (κ2) is 8.94. The Morgan fingerprint density at radius 3 is 1.74 bits per heavy atom. The highest BCUT2D eigenvalue weighted by Crippen LogP contribution is 2.31. The number of anilines is 1. The van der Waals surface area contributed by atoms with Gasteiger partial charge in [-0.25, -0.2) is 0 Å². The van der Waals surface area contributed by atoms with Gasteiger partial charge in [-0.2, -0.15) is 39.5 Å². The molecule has 0 radical (unpaired) electrons. The van der Waals surface area contributed by atoms with Crippen LogP contribution in [0.2, 0.25) is 0 Å². The molecule has 0 aromatic heterocycles. The molecular weight excluding hydrogens is 449 g/mol. The van der Waals surface area contributed by atoms with Crippen LogP contribution in [0.15, 0.2) is 42.5 Å². The lowest BCUT2D eigenvalue weighted by atomic mass is 10.1. The summed E-state index contributed by atoms with van der Waals surface area (Å²) in [5.41, 5.74) is -1.94. The summed E-state index contributed by atoms with van der Waals surface area (Å²) in [6.45, 7) is -3.56. The zero-order valence-corrected chi connectivity index (χ0v) is 15.1. The van der Waals surface area contributed by atoms with E-state index in [4.69, 9.17) is 0 Å². The van der Waals surface area contributed by atoms with Crippen molar-refractivity contribution in [3.63, 3.8) is 0 Å². The van der Waals surface area contributed by atoms with Gasteiger partial charge in [0.1, 0.15) is 11.5 Å². The van der Waals surface area contributed by atoms with E-state index in [1.807, 2.05) is 0 Å². The van der Waals surface area contributed by atoms with Crippen LogP contribution in [-0.4, -0.2) is 31.5 Å². The molecule has 31 heavy (non-hydrogen) atoms. The summed E-state index contributed by atoms with van der Waals surface area (Å²) in [5, 5.41) is 2.08. The number of hydrogen-bond donors (Lipinski definition) is 1. The average molecular weight is 461 g/mol. The van der Waals surface area contributed by atoms with Gasteiger partial charge in [0, 0.05) is 29.4 Å². The van der Waals surface area contributed by atoms with Gasteiger partial charge < -0.3 is 14.8 Å². The molecule has 170 valence electrons. The van der Waals surface area contributed by atoms with Crippen molar-refractivity contribution in [3.8, 4) is 11.5 Å². The number of ether oxygens (including phenoxy) is 2. The second-order valence-electron chi connectivity index (χ2n) is 6.03. The third kappa shape index (κ3) is 8.26. The zero-order chi connectivity index (χ0) is 23.4. The summed E-state index contributed by atoms with van der Waals surface area (Å²) in [5.74, 6) is -2.27. The quantitative estimate of drug-likeness (QED) is 0.550. The first-order chi connectivity index (χ1) is 14.1. The van der Waals surface area contributed by atoms with Crippen LogP contribution in [-0.2, 0) is 6.18 Å². The molecule has 2 rings (SSSR count). The third-order valence-electron chi connectivity index (χ3n) is 3.39. The molecule has 0 atom stereocenters. The van der Waals surface area contributed by atoms with E-state index in [1.165, 1.54) is 0 Å². The van der Waals surface area contributed by atoms with Crippen molar-refractivity contribution in [1.29, 1.82) is 0 Å². The van der Waals surface area contributed by atoms with E-state index in [0.29, 0.717) is 12.1 Å². The highest BCUT2D eigenvalue weighted by molar-refractivity contribution is 6.04. The summed E-state index contributed by atoms with van der Waals surface area (Å²) in [6, 6.07) is 5.66. The third-order valence-corrected chi connectivity index (χ3v) is 3.39. The Morgan fingerprint density at radius 2 is 1.29 bits per heavy atom. The molecule has 1 N–H and O–H groups in total. The van der Waals surface area contributed by atoms with Crippen molar-refractivity contribution in [2.24, 2.45) is 0 Å². The molecule has 0 aliphatic carbocycles. The SMILES string of the molecule is O=C(Nc1cc(OCC(F)(F)F)cc(OCC(F)(F)F)c1)c1cccc(C(F)(F)F)c1. The standard InChI is InChI=1S/C18H12F9NO3/c19-16(20,21)8-30-13-5-12(6-14(7-13)31-9-17(22,23)24)28-15(29)10-2-1-3-11(4-10)18(25,26)27/h1-7H,8-9H2,(H,28,29). The first-order valence-corrected chi connectivity index (χ1v) is 8.15. The molecule has 0 aliphatic heterocycles. The van der Waals surface area contributed by atoms with Crippen molar-refractivity contribution in [2.45, 2.75) is 18.5 Å². The monoisotopic (exact) mass is 461 g/mol. The normalized spacial score (nSPS) is 12.4. The van der Waals surface area contributed by atoms with E-state index in [-0.39, 0.29) is 5.69 Å². The first-order valence-electron chi connectivity index (χ1n) is 8.15. The van der Waals surface area contributed by atoms with Gasteiger partial charge in [0.15, 0.2) is 13.2 Å². The molecule has 0 aliphatic rings. The summed E-state index contributed by atoms with van der Waals surface area (Å²) < 4.78 is 121. The van der Waals surface area contributed by atoms with E-state index in [0.717, 1.165) is 30.3 Å². The Bertz CT molecular complexity index is 884. The number of rotatable bonds is 6. The topological polar surface area (TPSA) is 47.6 Å². The van der Waals surface area contributed by atoms with E-state index in [9.17, 15) is 44.3 Å². The number of nitrogens with one attached hydrogen (secondary N) is 1. The fourth-order valence-corrected chi connectivity index (χ4v) is 2.18. The number of amides is 1. The maximum atomic E-state index is 12.8. The van der Waals surface area contributed by atoms with Crippen LogP contribution in [0, 0.1) is 0 Å². The Kier molecular flexibility index (Phi) is 6.96. The van der Waals surface area contributed by atoms with Gasteiger partial charge in [-0.05, 0) is 18.2 Å². The maximum Gasteiger partial charge on any atom is 0.422 e. The Balaban J connectivity index is 2.27. The number of carbonyl (C=O) groups excluding carboxylic acids is 1. The van der Waals surface area contributed by atoms with Crippen molar-refractivity contribution >= 4 is 11.6 Å². The van der Waals surface area contributed by atoms with Crippen molar-refractivity contribution < 1.29 is 53.8 Å². The van der Waals surface area contributed by atoms with Gasteiger partial charge in [0.25, 0.3) is 5.91 Å². The van der Waals surface area contributed by atoms with Crippen LogP contribution in [0.5, 0.6) is 11.5 Å². The lowest BCUT2D eigenvalue weighted by molar-refractivity contribution is -0.153. The van der Waals surface area contributed by atoms with Crippen LogP contribution < -0.4 is 14.8 Å². The van der Waals surface area contributed by atoms with Gasteiger partial charge in [0.05, 0.1) is 5.56 Å². The lowest BCUT2D eigenvalue weighted by Crippen LogP contribution is -2.20. The van der Waals surface area contributed by atoms with E-state index >= 15 is 0 Å². The van der Waals surface area contributed by atoms with Gasteiger partial charge in [-0.15, -0.1) is 0 Å². The predicted molar refractivity (Wildman–Crippen MR) is 88.9 cm³/mol. The van der Waals surface area contributed by atoms with Gasteiger partial charge in [0.2, 0.25) is 0 Å². The minimum atomic E-state index is -4.76. The van der Waals surface area contributed by atoms with E-state index in [1.54, 1.807) is 0 Å². The molecule has 0 saturated heterocycles. The van der Waals surface area contributed by atoms with Crippen LogP contribution in [0.1, 0.15) is 15.9 Å². The highest BCUT2D eigenvalue weighted by atomic mass is 19.4. The molecule has 0 unspecified atom stereocenters. The summed E-state index contributed by atoms with van der Waals surface area (Å²) in [4.78, 5) is 12.2. The fourth-order valence-electron chi connectivity index (χ4n) is 2.18. The Labute approximate surface area is 168 Å². The number of carbonyl (C=O) groups is 1. The van der Waals surface area contributed by atoms with Crippen molar-refractivity contribution in [2.75, 3.05) is 18.5 Å². The molecule has 2 aromatic carbocycles. The molecule has 0 spiro atoms. The summed E-state index contributed by atoms with van der Waals surface area (Å²) in [7, 11) is 0. The second-order valence-corrected chi connectivity index (χ2v) is 6.03. The van der Waals surface area contributed by atoms with Crippen LogP contribution in [0.4, 0.5) is 45.2 Å². The fraction of sp³-hybridized carbons (Fsp3) is 0.278. The summed E-state index contributed by atoms with van der Waals surface area (Å²) in [6.07, 6.45) is -14.3. The molecule has 2 aromatic rings. The smallest absolute Gasteiger partial charge is 0.422 e. The van der Waals surface area contributed by atoms with Crippen LogP contribution >= 0.6 is 0 Å². The van der Waals surface area contributed by atoms with Gasteiger partial charge in [-0.1, -0.05) is 6.07 Å². The van der Waals surface area contributed by atoms with Crippen molar-refractivity contribution in [1.82, 2.24) is 0 Å². The Morgan fingerprint density at radius 1 is 0.774 bits per heavy atom. The van der Waals surface area contributed by atoms with Gasteiger partial charge >= 0.3 is 18.5 Å². The highest BCUT2D eigenvalue weighted by Gasteiger charge is 2.31. The van der Waals surface area contributed by atoms with E-state index < -0.39 is 60.3 Å². The lowest BCUT2D eigenvalue weighted by Gasteiger charge is -2.15. The van der Waals surface area contributed by atoms with Gasteiger partial charge in [-0.3, -0.25) is 4.79 Å². The number of halogens is 9. The molecule has 0 heterocycles. The predicted octanol–water partition coefficient (Wildman–Crippen LogP) is 5.84. The molecule has 13 heteroatoms. The number of hydrogen-bond acceptors (Lipinski definition) is 3. The minimum Gasteiger partial charge on any atom is -0.484 e. The van der Waals surface area contributed by atoms with E-state index in [2.05, 4.69) is 14.8 Å². The van der Waals surface area contributed by atoms with Crippen molar-refractivity contribution in [3.05, 3.63) is 53.6 Å². The molecule has 0 saturated carbocycles. The molecule has 0 fully saturated rings. The first kappa shape index (κ1) is 24.2. The average Bonchev–Trinajstić information content (AvgIpc) is 2.63. The molecular formula is C18H12F9NO3. The molecule has 4 nitrogen and oxygen atoms in total. The molecule has 1 amide bonds. The summed E-state index contributed by atoms with van der Waals surface area (Å²) >= 11 is 0. The number of benzene rings is 2. The number of alkyl halides is 9. The molecule has 0 bridgehead atoms. The van der Waals surface area contributed by atoms with Crippen LogP contribution in [0.25, 0.3) is 0 Å².